The van der Waals surface area contributed by atoms with E-state index in [9.17, 15) is 4.39 Å². The standard InChI is InChI=1S/C19H25FN2OSSi/c1-19(2)11-17-21-24-18(22(17)12-19)14-10-16(23-3)13(9-15(14)20)7-8-25(4,5)6/h9-10,18H,11-12H2,1-6H3. The second kappa shape index (κ2) is 6.37. The molecule has 0 saturated carbocycles. The van der Waals surface area contributed by atoms with Gasteiger partial charge in [0.05, 0.1) is 12.7 Å². The van der Waals surface area contributed by atoms with Gasteiger partial charge in [-0.05, 0) is 17.5 Å². The molecule has 0 spiro atoms. The van der Waals surface area contributed by atoms with Crippen molar-refractivity contribution in [1.29, 1.82) is 0 Å². The highest BCUT2D eigenvalue weighted by atomic mass is 32.2. The van der Waals surface area contributed by atoms with Gasteiger partial charge in [0, 0.05) is 30.5 Å². The summed E-state index contributed by atoms with van der Waals surface area (Å²) in [6.45, 7) is 11.8. The van der Waals surface area contributed by atoms with Crippen LogP contribution in [-0.4, -0.2) is 32.5 Å². The molecule has 0 bridgehead atoms. The maximum atomic E-state index is 14.9. The highest BCUT2D eigenvalue weighted by Crippen LogP contribution is 2.48. The number of rotatable bonds is 2. The lowest BCUT2D eigenvalue weighted by Gasteiger charge is -2.25. The Kier molecular flexibility index (Phi) is 4.67. The number of amidine groups is 1. The monoisotopic (exact) mass is 376 g/mol. The number of nitrogens with zero attached hydrogens (tertiary/aromatic N) is 2. The zero-order chi connectivity index (χ0) is 18.4. The molecule has 1 saturated heterocycles. The number of methoxy groups -OCH3 is 1. The first-order valence-electron chi connectivity index (χ1n) is 8.50. The summed E-state index contributed by atoms with van der Waals surface area (Å²) < 4.78 is 25.0. The smallest absolute Gasteiger partial charge is 0.135 e. The van der Waals surface area contributed by atoms with Crippen LogP contribution in [-0.2, 0) is 0 Å². The molecule has 0 amide bonds. The third kappa shape index (κ3) is 3.88. The highest BCUT2D eigenvalue weighted by Gasteiger charge is 2.43. The molecule has 0 N–H and O–H groups in total. The molecule has 6 heteroatoms. The van der Waals surface area contributed by atoms with E-state index in [1.807, 2.05) is 0 Å². The van der Waals surface area contributed by atoms with E-state index in [1.54, 1.807) is 13.2 Å². The lowest BCUT2D eigenvalue weighted by molar-refractivity contribution is 0.311. The lowest BCUT2D eigenvalue weighted by Crippen LogP contribution is -2.26. The van der Waals surface area contributed by atoms with Gasteiger partial charge in [-0.25, -0.2) is 8.79 Å². The lowest BCUT2D eigenvalue weighted by atomic mass is 9.93. The summed E-state index contributed by atoms with van der Waals surface area (Å²) in [7, 11) is 0.0748. The minimum Gasteiger partial charge on any atom is -0.495 e. The maximum absolute atomic E-state index is 14.9. The average Bonchev–Trinajstić information content (AvgIpc) is 2.99. The molecular weight excluding hydrogens is 351 g/mol. The van der Waals surface area contributed by atoms with Crippen molar-refractivity contribution in [1.82, 2.24) is 4.90 Å². The zero-order valence-corrected chi connectivity index (χ0v) is 17.6. The van der Waals surface area contributed by atoms with E-state index in [-0.39, 0.29) is 16.6 Å². The third-order valence-corrected chi connectivity index (χ3v) is 6.16. The van der Waals surface area contributed by atoms with Crippen LogP contribution >= 0.6 is 11.9 Å². The van der Waals surface area contributed by atoms with Gasteiger partial charge >= 0.3 is 0 Å². The highest BCUT2D eigenvalue weighted by molar-refractivity contribution is 7.98. The van der Waals surface area contributed by atoms with Gasteiger partial charge in [0.15, 0.2) is 0 Å². The molecule has 1 aromatic rings. The van der Waals surface area contributed by atoms with E-state index >= 15 is 0 Å². The fourth-order valence-electron chi connectivity index (χ4n) is 3.11. The van der Waals surface area contributed by atoms with Gasteiger partial charge in [-0.2, -0.15) is 0 Å². The van der Waals surface area contributed by atoms with Crippen LogP contribution in [0.4, 0.5) is 4.39 Å². The van der Waals surface area contributed by atoms with Crippen molar-refractivity contribution in [2.24, 2.45) is 9.81 Å². The molecule has 134 valence electrons. The summed E-state index contributed by atoms with van der Waals surface area (Å²) >= 11 is 1.43. The molecule has 0 aliphatic carbocycles. The van der Waals surface area contributed by atoms with Gasteiger partial charge in [0.2, 0.25) is 0 Å². The molecule has 25 heavy (non-hydrogen) atoms. The Hall–Kier alpha value is -1.45. The molecular formula is C19H25FN2OSSi. The Morgan fingerprint density at radius 1 is 1.36 bits per heavy atom. The second-order valence-electron chi connectivity index (χ2n) is 8.51. The van der Waals surface area contributed by atoms with Crippen LogP contribution in [0.2, 0.25) is 19.6 Å². The molecule has 2 aliphatic heterocycles. The number of halogens is 1. The van der Waals surface area contributed by atoms with Crippen LogP contribution in [0.1, 0.15) is 36.8 Å². The van der Waals surface area contributed by atoms with E-state index < -0.39 is 8.07 Å². The Labute approximate surface area is 155 Å². The number of benzene rings is 1. The van der Waals surface area contributed by atoms with Crippen LogP contribution in [0.25, 0.3) is 0 Å². The van der Waals surface area contributed by atoms with Crippen molar-refractivity contribution >= 4 is 25.9 Å². The van der Waals surface area contributed by atoms with Crippen molar-refractivity contribution in [2.45, 2.75) is 45.3 Å². The largest absolute Gasteiger partial charge is 0.495 e. The van der Waals surface area contributed by atoms with Crippen LogP contribution < -0.4 is 4.74 Å². The normalized spacial score (nSPS) is 21.5. The Balaban J connectivity index is 1.95. The van der Waals surface area contributed by atoms with Crippen molar-refractivity contribution in [2.75, 3.05) is 13.7 Å². The number of hydrogen-bond donors (Lipinski definition) is 0. The van der Waals surface area contributed by atoms with Crippen LogP contribution in [0.5, 0.6) is 5.75 Å². The molecule has 1 unspecified atom stereocenters. The van der Waals surface area contributed by atoms with E-state index in [4.69, 9.17) is 4.74 Å². The van der Waals surface area contributed by atoms with Crippen LogP contribution in [0, 0.1) is 22.7 Å². The molecule has 1 fully saturated rings. The van der Waals surface area contributed by atoms with Gasteiger partial charge in [0.25, 0.3) is 0 Å². The fraction of sp³-hybridized carbons (Fsp3) is 0.526. The van der Waals surface area contributed by atoms with Crippen molar-refractivity contribution in [3.63, 3.8) is 0 Å². The summed E-state index contributed by atoms with van der Waals surface area (Å²) in [5.74, 6) is 4.59. The van der Waals surface area contributed by atoms with Crippen molar-refractivity contribution in [3.05, 3.63) is 29.1 Å². The molecule has 0 aromatic heterocycles. The minimum atomic E-state index is -1.54. The number of hydrogen-bond acceptors (Lipinski definition) is 4. The molecule has 2 aliphatic rings. The minimum absolute atomic E-state index is 0.121. The number of fused-ring (bicyclic) bond motifs is 1. The first kappa shape index (κ1) is 18.3. The summed E-state index contributed by atoms with van der Waals surface area (Å²) in [5.41, 5.74) is 4.71. The van der Waals surface area contributed by atoms with Gasteiger partial charge in [0.1, 0.15) is 30.9 Å². The molecule has 0 radical (unpaired) electrons. The molecule has 1 atom stereocenters. The zero-order valence-electron chi connectivity index (χ0n) is 15.7. The SMILES string of the molecule is COc1cc(C2SN=C3CC(C)(C)CN32)c(F)cc1C#C[Si](C)(C)C. The van der Waals surface area contributed by atoms with Crippen LogP contribution in [0.15, 0.2) is 16.5 Å². The molecule has 1 aromatic carbocycles. The Bertz CT molecular complexity index is 789. The van der Waals surface area contributed by atoms with Gasteiger partial charge < -0.3 is 9.64 Å². The Morgan fingerprint density at radius 2 is 2.08 bits per heavy atom. The van der Waals surface area contributed by atoms with E-state index in [1.165, 1.54) is 18.0 Å². The first-order chi connectivity index (χ1) is 11.6. The molecule has 2 heterocycles. The van der Waals surface area contributed by atoms with Crippen molar-refractivity contribution in [3.8, 4) is 17.2 Å². The van der Waals surface area contributed by atoms with Gasteiger partial charge in [-0.1, -0.05) is 39.4 Å². The van der Waals surface area contributed by atoms with Gasteiger partial charge in [-0.3, -0.25) is 0 Å². The summed E-state index contributed by atoms with van der Waals surface area (Å²) in [6, 6.07) is 3.31. The summed E-state index contributed by atoms with van der Waals surface area (Å²) in [4.78, 5) is 2.22. The molecule has 3 nitrogen and oxygen atoms in total. The van der Waals surface area contributed by atoms with E-state index in [0.717, 1.165) is 18.8 Å². The second-order valence-corrected chi connectivity index (χ2v) is 14.1. The fourth-order valence-corrected chi connectivity index (χ4v) is 4.62. The topological polar surface area (TPSA) is 24.8 Å². The quantitative estimate of drug-likeness (QED) is 0.419. The third-order valence-electron chi connectivity index (χ3n) is 4.26. The summed E-state index contributed by atoms with van der Waals surface area (Å²) in [5, 5.41) is -0.121. The number of ether oxygens (including phenoxy) is 1. The Morgan fingerprint density at radius 3 is 2.72 bits per heavy atom. The van der Waals surface area contributed by atoms with E-state index in [2.05, 4.69) is 54.3 Å². The predicted octanol–water partition coefficient (Wildman–Crippen LogP) is 4.85. The van der Waals surface area contributed by atoms with Gasteiger partial charge in [-0.15, -0.1) is 5.54 Å². The summed E-state index contributed by atoms with van der Waals surface area (Å²) in [6.07, 6.45) is 0.940. The molecule has 3 rings (SSSR count). The van der Waals surface area contributed by atoms with Crippen molar-refractivity contribution < 1.29 is 9.13 Å². The first-order valence-corrected chi connectivity index (χ1v) is 12.8. The maximum Gasteiger partial charge on any atom is 0.135 e. The average molecular weight is 377 g/mol. The van der Waals surface area contributed by atoms with E-state index in [0.29, 0.717) is 16.9 Å². The van der Waals surface area contributed by atoms with Crippen LogP contribution in [0.3, 0.4) is 0 Å². The predicted molar refractivity (Wildman–Crippen MR) is 106 cm³/mol.